The summed E-state index contributed by atoms with van der Waals surface area (Å²) >= 11 is 0. The van der Waals surface area contributed by atoms with Gasteiger partial charge < -0.3 is 9.47 Å². The molecule has 0 unspecified atom stereocenters. The molecule has 96 valence electrons. The lowest BCUT2D eigenvalue weighted by atomic mass is 10.0. The molecule has 0 saturated heterocycles. The molecule has 0 N–H and O–H groups in total. The summed E-state index contributed by atoms with van der Waals surface area (Å²) in [4.78, 5) is 0. The van der Waals surface area contributed by atoms with Crippen LogP contribution in [0.4, 0.5) is 4.39 Å². The quantitative estimate of drug-likeness (QED) is 0.846. The number of benzene rings is 2. The molecular weight excluding hydrogens is 245 g/mol. The molecule has 0 fully saturated rings. The molecule has 0 heterocycles. The summed E-state index contributed by atoms with van der Waals surface area (Å²) < 4.78 is 23.8. The molecule has 2 rings (SSSR count). The lowest BCUT2D eigenvalue weighted by Gasteiger charge is -2.10. The van der Waals surface area contributed by atoms with E-state index in [0.29, 0.717) is 17.1 Å². The Morgan fingerprint density at radius 3 is 2.32 bits per heavy atom. The Balaban J connectivity index is 2.53. The van der Waals surface area contributed by atoms with E-state index in [1.807, 2.05) is 6.07 Å². The highest BCUT2D eigenvalue weighted by Gasteiger charge is 2.08. The Labute approximate surface area is 110 Å². The van der Waals surface area contributed by atoms with Crippen LogP contribution in [0.25, 0.3) is 11.1 Å². The van der Waals surface area contributed by atoms with E-state index in [-0.39, 0.29) is 5.56 Å². The molecule has 4 heteroatoms. The zero-order valence-corrected chi connectivity index (χ0v) is 10.6. The smallest absolute Gasteiger partial charge is 0.161 e. The molecule has 0 amide bonds. The summed E-state index contributed by atoms with van der Waals surface area (Å²) in [7, 11) is 3.08. The van der Waals surface area contributed by atoms with Gasteiger partial charge in [-0.3, -0.25) is 0 Å². The van der Waals surface area contributed by atoms with Gasteiger partial charge in [0.25, 0.3) is 0 Å². The Kier molecular flexibility index (Phi) is 3.67. The second-order valence-corrected chi connectivity index (χ2v) is 3.91. The van der Waals surface area contributed by atoms with Crippen molar-refractivity contribution in [1.29, 1.82) is 5.26 Å². The largest absolute Gasteiger partial charge is 0.493 e. The zero-order valence-electron chi connectivity index (χ0n) is 10.6. The third kappa shape index (κ3) is 2.66. The minimum Gasteiger partial charge on any atom is -0.493 e. The maximum absolute atomic E-state index is 13.4. The van der Waals surface area contributed by atoms with Gasteiger partial charge in [0.05, 0.1) is 25.9 Å². The summed E-state index contributed by atoms with van der Waals surface area (Å²) in [5, 5.41) is 8.85. The van der Waals surface area contributed by atoms with E-state index < -0.39 is 5.82 Å². The summed E-state index contributed by atoms with van der Waals surface area (Å²) in [6, 6.07) is 11.4. The van der Waals surface area contributed by atoms with E-state index >= 15 is 0 Å². The Hall–Kier alpha value is -2.54. The first kappa shape index (κ1) is 12.9. The number of halogens is 1. The number of hydrogen-bond donors (Lipinski definition) is 0. The van der Waals surface area contributed by atoms with Crippen LogP contribution in [0.2, 0.25) is 0 Å². The molecule has 0 bridgehead atoms. The molecular formula is C15H12FNO2. The topological polar surface area (TPSA) is 42.2 Å². The number of ether oxygens (including phenoxy) is 2. The summed E-state index contributed by atoms with van der Waals surface area (Å²) in [6.07, 6.45) is 0. The van der Waals surface area contributed by atoms with Crippen molar-refractivity contribution in [2.45, 2.75) is 0 Å². The van der Waals surface area contributed by atoms with Gasteiger partial charge in [-0.15, -0.1) is 0 Å². The van der Waals surface area contributed by atoms with E-state index in [4.69, 9.17) is 14.7 Å². The number of methoxy groups -OCH3 is 2. The van der Waals surface area contributed by atoms with Gasteiger partial charge in [-0.1, -0.05) is 6.07 Å². The maximum Gasteiger partial charge on any atom is 0.161 e. The maximum atomic E-state index is 13.4. The van der Waals surface area contributed by atoms with Gasteiger partial charge in [0.1, 0.15) is 5.82 Å². The van der Waals surface area contributed by atoms with Gasteiger partial charge in [0, 0.05) is 0 Å². The van der Waals surface area contributed by atoms with Crippen LogP contribution in [-0.4, -0.2) is 14.2 Å². The fourth-order valence-electron chi connectivity index (χ4n) is 1.84. The lowest BCUT2D eigenvalue weighted by molar-refractivity contribution is 0.355. The fraction of sp³-hybridized carbons (Fsp3) is 0.133. The summed E-state index contributed by atoms with van der Waals surface area (Å²) in [6.45, 7) is 0. The van der Waals surface area contributed by atoms with Crippen molar-refractivity contribution in [3.05, 3.63) is 47.8 Å². The molecule has 0 aromatic heterocycles. The summed E-state index contributed by atoms with van der Waals surface area (Å²) in [5.41, 5.74) is 1.66. The number of nitriles is 1. The predicted molar refractivity (Wildman–Crippen MR) is 69.7 cm³/mol. The van der Waals surface area contributed by atoms with Crippen LogP contribution in [0.15, 0.2) is 36.4 Å². The second kappa shape index (κ2) is 5.40. The molecule has 19 heavy (non-hydrogen) atoms. The number of nitrogens with zero attached hydrogens (tertiary/aromatic N) is 1. The zero-order chi connectivity index (χ0) is 13.8. The molecule has 0 aliphatic carbocycles. The minimum absolute atomic E-state index is 0.282. The first-order chi connectivity index (χ1) is 9.17. The van der Waals surface area contributed by atoms with Crippen molar-refractivity contribution in [3.63, 3.8) is 0 Å². The van der Waals surface area contributed by atoms with E-state index in [1.165, 1.54) is 19.2 Å². The van der Waals surface area contributed by atoms with Crippen molar-refractivity contribution in [2.24, 2.45) is 0 Å². The first-order valence-electron chi connectivity index (χ1n) is 5.61. The second-order valence-electron chi connectivity index (χ2n) is 3.91. The molecule has 2 aromatic rings. The Morgan fingerprint density at radius 2 is 1.68 bits per heavy atom. The average molecular weight is 257 g/mol. The third-order valence-corrected chi connectivity index (χ3v) is 2.74. The van der Waals surface area contributed by atoms with Gasteiger partial charge in [0.2, 0.25) is 0 Å². The Bertz CT molecular complexity index is 647. The Morgan fingerprint density at radius 1 is 0.947 bits per heavy atom. The fourth-order valence-corrected chi connectivity index (χ4v) is 1.84. The van der Waals surface area contributed by atoms with Crippen molar-refractivity contribution >= 4 is 0 Å². The monoisotopic (exact) mass is 257 g/mol. The van der Waals surface area contributed by atoms with E-state index in [2.05, 4.69) is 0 Å². The number of hydrogen-bond acceptors (Lipinski definition) is 3. The van der Waals surface area contributed by atoms with Crippen LogP contribution in [0.3, 0.4) is 0 Å². The van der Waals surface area contributed by atoms with Crippen molar-refractivity contribution in [1.82, 2.24) is 0 Å². The molecule has 0 aliphatic rings. The lowest BCUT2D eigenvalue weighted by Crippen LogP contribution is -1.91. The highest BCUT2D eigenvalue weighted by atomic mass is 19.1. The highest BCUT2D eigenvalue weighted by Crippen LogP contribution is 2.32. The van der Waals surface area contributed by atoms with Crippen LogP contribution in [-0.2, 0) is 0 Å². The van der Waals surface area contributed by atoms with Crippen LogP contribution in [0, 0.1) is 17.1 Å². The van der Waals surface area contributed by atoms with Gasteiger partial charge in [-0.2, -0.15) is 5.26 Å². The van der Waals surface area contributed by atoms with Crippen molar-refractivity contribution < 1.29 is 13.9 Å². The molecule has 0 atom stereocenters. The van der Waals surface area contributed by atoms with Gasteiger partial charge in [0.15, 0.2) is 11.5 Å². The molecule has 0 saturated carbocycles. The normalized spacial score (nSPS) is 9.79. The molecule has 0 spiro atoms. The standard InChI is InChI=1S/C15H12FNO2/c1-18-14-4-3-11(8-15(14)19-2)12-5-10(9-17)6-13(16)7-12/h3-8H,1-2H3. The SMILES string of the molecule is COc1ccc(-c2cc(F)cc(C#N)c2)cc1OC. The average Bonchev–Trinajstić information content (AvgIpc) is 2.45. The molecule has 0 aliphatic heterocycles. The van der Waals surface area contributed by atoms with E-state index in [0.717, 1.165) is 5.56 Å². The summed E-state index contributed by atoms with van der Waals surface area (Å²) in [5.74, 6) is 0.717. The number of rotatable bonds is 3. The van der Waals surface area contributed by atoms with Gasteiger partial charge in [-0.05, 0) is 41.5 Å². The molecule has 3 nitrogen and oxygen atoms in total. The molecule has 2 aromatic carbocycles. The van der Waals surface area contributed by atoms with Crippen molar-refractivity contribution in [3.8, 4) is 28.7 Å². The van der Waals surface area contributed by atoms with E-state index in [1.54, 1.807) is 31.4 Å². The van der Waals surface area contributed by atoms with Gasteiger partial charge in [-0.25, -0.2) is 4.39 Å². The van der Waals surface area contributed by atoms with Crippen molar-refractivity contribution in [2.75, 3.05) is 14.2 Å². The van der Waals surface area contributed by atoms with Crippen LogP contribution >= 0.6 is 0 Å². The third-order valence-electron chi connectivity index (χ3n) is 2.74. The van der Waals surface area contributed by atoms with E-state index in [9.17, 15) is 4.39 Å². The van der Waals surface area contributed by atoms with Crippen LogP contribution in [0.5, 0.6) is 11.5 Å². The highest BCUT2D eigenvalue weighted by molar-refractivity contribution is 5.68. The first-order valence-corrected chi connectivity index (χ1v) is 5.61. The predicted octanol–water partition coefficient (Wildman–Crippen LogP) is 3.38. The minimum atomic E-state index is -0.441. The molecule has 0 radical (unpaired) electrons. The van der Waals surface area contributed by atoms with Gasteiger partial charge >= 0.3 is 0 Å². The van der Waals surface area contributed by atoms with Crippen LogP contribution < -0.4 is 9.47 Å². The van der Waals surface area contributed by atoms with Crippen LogP contribution in [0.1, 0.15) is 5.56 Å².